The van der Waals surface area contributed by atoms with Gasteiger partial charge in [-0.1, -0.05) is 19.3 Å². The number of carbonyl (C=O) groups is 2. The molecule has 0 bridgehead atoms. The lowest BCUT2D eigenvalue weighted by Gasteiger charge is -2.43. The summed E-state index contributed by atoms with van der Waals surface area (Å²) in [6, 6.07) is 0. The number of rotatable bonds is 6. The number of nitrogens with zero attached hydrogens (tertiary/aromatic N) is 1. The standard InChI is InChI=1S/C13H23NO4/c1-3-18-10-11(15)14(2)13(9-12(16)17)7-5-4-6-8-13/h3-10H2,1-2H3,(H,16,17). The molecule has 0 radical (unpaired) electrons. The van der Waals surface area contributed by atoms with E-state index >= 15 is 0 Å². The lowest BCUT2D eigenvalue weighted by atomic mass is 9.78. The van der Waals surface area contributed by atoms with E-state index in [9.17, 15) is 9.59 Å². The minimum atomic E-state index is -0.840. The molecule has 0 unspecified atom stereocenters. The molecule has 1 saturated carbocycles. The van der Waals surface area contributed by atoms with E-state index < -0.39 is 11.5 Å². The van der Waals surface area contributed by atoms with Crippen LogP contribution < -0.4 is 0 Å². The zero-order chi connectivity index (χ0) is 13.6. The van der Waals surface area contributed by atoms with Gasteiger partial charge in [0.05, 0.1) is 12.0 Å². The average molecular weight is 257 g/mol. The highest BCUT2D eigenvalue weighted by Gasteiger charge is 2.40. The third kappa shape index (κ3) is 3.70. The van der Waals surface area contributed by atoms with Crippen molar-refractivity contribution in [3.05, 3.63) is 0 Å². The van der Waals surface area contributed by atoms with Crippen molar-refractivity contribution in [3.8, 4) is 0 Å². The molecular formula is C13H23NO4. The molecule has 104 valence electrons. The van der Waals surface area contributed by atoms with Crippen molar-refractivity contribution in [2.24, 2.45) is 0 Å². The predicted octanol–water partition coefficient (Wildman–Crippen LogP) is 1.66. The van der Waals surface area contributed by atoms with Gasteiger partial charge < -0.3 is 14.7 Å². The topological polar surface area (TPSA) is 66.8 Å². The van der Waals surface area contributed by atoms with Gasteiger partial charge in [-0.05, 0) is 19.8 Å². The molecule has 18 heavy (non-hydrogen) atoms. The highest BCUT2D eigenvalue weighted by Crippen LogP contribution is 2.35. The van der Waals surface area contributed by atoms with Crippen LogP contribution in [-0.4, -0.2) is 47.7 Å². The molecule has 5 heteroatoms. The zero-order valence-electron chi connectivity index (χ0n) is 11.3. The summed E-state index contributed by atoms with van der Waals surface area (Å²) >= 11 is 0. The van der Waals surface area contributed by atoms with E-state index in [-0.39, 0.29) is 18.9 Å². The number of likely N-dealkylation sites (N-methyl/N-ethyl adjacent to an activating group) is 1. The van der Waals surface area contributed by atoms with Gasteiger partial charge in [-0.15, -0.1) is 0 Å². The summed E-state index contributed by atoms with van der Waals surface area (Å²) in [6.45, 7) is 2.36. The van der Waals surface area contributed by atoms with E-state index in [0.717, 1.165) is 32.1 Å². The van der Waals surface area contributed by atoms with Gasteiger partial charge >= 0.3 is 5.97 Å². The Bertz CT molecular complexity index is 297. The fraction of sp³-hybridized carbons (Fsp3) is 0.846. The van der Waals surface area contributed by atoms with Crippen LogP contribution in [0.2, 0.25) is 0 Å². The molecule has 1 N–H and O–H groups in total. The predicted molar refractivity (Wildman–Crippen MR) is 67.3 cm³/mol. The van der Waals surface area contributed by atoms with E-state index in [4.69, 9.17) is 9.84 Å². The van der Waals surface area contributed by atoms with Crippen LogP contribution in [-0.2, 0) is 14.3 Å². The maximum absolute atomic E-state index is 12.0. The molecule has 0 aromatic carbocycles. The monoisotopic (exact) mass is 257 g/mol. The van der Waals surface area contributed by atoms with Crippen LogP contribution in [0.25, 0.3) is 0 Å². The molecule has 0 atom stereocenters. The fourth-order valence-electron chi connectivity index (χ4n) is 2.67. The van der Waals surface area contributed by atoms with Crippen molar-refractivity contribution in [2.75, 3.05) is 20.3 Å². The quantitative estimate of drug-likeness (QED) is 0.785. The smallest absolute Gasteiger partial charge is 0.305 e. The molecular weight excluding hydrogens is 234 g/mol. The SMILES string of the molecule is CCOCC(=O)N(C)C1(CC(=O)O)CCCCC1. The molecule has 1 aliphatic rings. The van der Waals surface area contributed by atoms with Crippen LogP contribution in [0.4, 0.5) is 0 Å². The maximum atomic E-state index is 12.0. The highest BCUT2D eigenvalue weighted by molar-refractivity contribution is 5.79. The number of aliphatic carboxylic acids is 1. The van der Waals surface area contributed by atoms with Crippen molar-refractivity contribution in [1.29, 1.82) is 0 Å². The van der Waals surface area contributed by atoms with Crippen LogP contribution in [0.3, 0.4) is 0 Å². The summed E-state index contributed by atoms with van der Waals surface area (Å²) < 4.78 is 5.12. The van der Waals surface area contributed by atoms with Crippen molar-refractivity contribution < 1.29 is 19.4 Å². The molecule has 1 fully saturated rings. The Balaban J connectivity index is 2.74. The summed E-state index contributed by atoms with van der Waals surface area (Å²) in [5.41, 5.74) is -0.516. The molecule has 0 saturated heterocycles. The van der Waals surface area contributed by atoms with Crippen molar-refractivity contribution in [1.82, 2.24) is 4.90 Å². The number of hydrogen-bond acceptors (Lipinski definition) is 3. The van der Waals surface area contributed by atoms with Crippen molar-refractivity contribution >= 4 is 11.9 Å². The number of ether oxygens (including phenoxy) is 1. The summed E-state index contributed by atoms with van der Waals surface area (Å²) in [7, 11) is 1.70. The second-order valence-electron chi connectivity index (χ2n) is 4.95. The first kappa shape index (κ1) is 15.0. The first-order valence-electron chi connectivity index (χ1n) is 6.58. The molecule has 0 aromatic heterocycles. The van der Waals surface area contributed by atoms with Crippen LogP contribution in [0.1, 0.15) is 45.4 Å². The Hall–Kier alpha value is -1.10. The van der Waals surface area contributed by atoms with Gasteiger partial charge in [0.1, 0.15) is 6.61 Å². The third-order valence-corrected chi connectivity index (χ3v) is 3.78. The Labute approximate surface area is 108 Å². The lowest BCUT2D eigenvalue weighted by molar-refractivity contribution is -0.148. The summed E-state index contributed by atoms with van der Waals surface area (Å²) in [5.74, 6) is -0.965. The Morgan fingerprint density at radius 3 is 2.39 bits per heavy atom. The molecule has 1 rings (SSSR count). The average Bonchev–Trinajstić information content (AvgIpc) is 2.35. The van der Waals surface area contributed by atoms with E-state index in [0.29, 0.717) is 6.61 Å². The van der Waals surface area contributed by atoms with Crippen LogP contribution in [0, 0.1) is 0 Å². The fourth-order valence-corrected chi connectivity index (χ4v) is 2.67. The zero-order valence-corrected chi connectivity index (χ0v) is 11.3. The summed E-state index contributed by atoms with van der Waals surface area (Å²) in [6.07, 6.45) is 4.66. The number of carboxylic acid groups (broad SMARTS) is 1. The summed E-state index contributed by atoms with van der Waals surface area (Å²) in [4.78, 5) is 24.6. The van der Waals surface area contributed by atoms with E-state index in [1.807, 2.05) is 6.92 Å². The number of carboxylic acids is 1. The summed E-state index contributed by atoms with van der Waals surface area (Å²) in [5, 5.41) is 9.07. The first-order chi connectivity index (χ1) is 8.52. The minimum Gasteiger partial charge on any atom is -0.481 e. The molecule has 1 amide bonds. The van der Waals surface area contributed by atoms with Crippen LogP contribution >= 0.6 is 0 Å². The molecule has 0 aromatic rings. The Morgan fingerprint density at radius 2 is 1.89 bits per heavy atom. The van der Waals surface area contributed by atoms with Crippen LogP contribution in [0.15, 0.2) is 0 Å². The van der Waals surface area contributed by atoms with Crippen LogP contribution in [0.5, 0.6) is 0 Å². The second-order valence-corrected chi connectivity index (χ2v) is 4.95. The van der Waals surface area contributed by atoms with E-state index in [1.165, 1.54) is 0 Å². The molecule has 0 heterocycles. The van der Waals surface area contributed by atoms with E-state index in [2.05, 4.69) is 0 Å². The normalized spacial score (nSPS) is 18.3. The van der Waals surface area contributed by atoms with Gasteiger partial charge in [0.25, 0.3) is 0 Å². The van der Waals surface area contributed by atoms with Gasteiger partial charge in [-0.25, -0.2) is 0 Å². The largest absolute Gasteiger partial charge is 0.481 e. The van der Waals surface area contributed by atoms with Gasteiger partial charge in [0.15, 0.2) is 0 Å². The molecule has 5 nitrogen and oxygen atoms in total. The van der Waals surface area contributed by atoms with E-state index in [1.54, 1.807) is 11.9 Å². The number of carbonyl (C=O) groups excluding carboxylic acids is 1. The maximum Gasteiger partial charge on any atom is 0.305 e. The second kappa shape index (κ2) is 6.73. The van der Waals surface area contributed by atoms with Gasteiger partial charge in [0, 0.05) is 13.7 Å². The number of amides is 1. The minimum absolute atomic E-state index is 0.0291. The molecule has 1 aliphatic carbocycles. The lowest BCUT2D eigenvalue weighted by Crippen LogP contribution is -2.53. The molecule has 0 spiro atoms. The Morgan fingerprint density at radius 1 is 1.28 bits per heavy atom. The molecule has 0 aliphatic heterocycles. The van der Waals surface area contributed by atoms with Gasteiger partial charge in [0.2, 0.25) is 5.91 Å². The van der Waals surface area contributed by atoms with Crippen molar-refractivity contribution in [3.63, 3.8) is 0 Å². The van der Waals surface area contributed by atoms with Gasteiger partial charge in [-0.3, -0.25) is 9.59 Å². The first-order valence-corrected chi connectivity index (χ1v) is 6.58. The van der Waals surface area contributed by atoms with Gasteiger partial charge in [-0.2, -0.15) is 0 Å². The Kier molecular flexibility index (Phi) is 5.59. The highest BCUT2D eigenvalue weighted by atomic mass is 16.5. The van der Waals surface area contributed by atoms with Crippen molar-refractivity contribution in [2.45, 2.75) is 51.0 Å². The number of hydrogen-bond donors (Lipinski definition) is 1. The third-order valence-electron chi connectivity index (χ3n) is 3.78.